The van der Waals surface area contributed by atoms with Crippen molar-refractivity contribution in [2.45, 2.75) is 11.3 Å². The summed E-state index contributed by atoms with van der Waals surface area (Å²) in [5, 5.41) is 4.93. The van der Waals surface area contributed by atoms with Gasteiger partial charge in [0.25, 0.3) is 9.05 Å². The molecule has 0 amide bonds. The number of Topliss-reactive ketones (excluding diaryl/α,β-unsaturated/α-hetero) is 1. The topological polar surface area (TPSA) is 51.2 Å². The van der Waals surface area contributed by atoms with E-state index in [-0.39, 0.29) is 10.7 Å². The van der Waals surface area contributed by atoms with Gasteiger partial charge in [-0.15, -0.1) is 0 Å². The normalized spacial score (nSPS) is 14.4. The molecular formula is C18H11ClO3S. The molecule has 0 aromatic heterocycles. The molecule has 0 unspecified atom stereocenters. The summed E-state index contributed by atoms with van der Waals surface area (Å²) in [5.74, 6) is 0.0710. The number of carbonyl (C=O) groups is 1. The van der Waals surface area contributed by atoms with E-state index < -0.39 is 9.05 Å². The Balaban J connectivity index is 2.27. The van der Waals surface area contributed by atoms with Crippen LogP contribution in [0.5, 0.6) is 0 Å². The second-order valence-electron chi connectivity index (χ2n) is 5.58. The van der Waals surface area contributed by atoms with Gasteiger partial charge >= 0.3 is 0 Å². The highest BCUT2D eigenvalue weighted by atomic mass is 35.7. The van der Waals surface area contributed by atoms with Crippen LogP contribution in [0.1, 0.15) is 6.42 Å². The molecule has 1 aliphatic carbocycles. The van der Waals surface area contributed by atoms with Crippen LogP contribution in [0.4, 0.5) is 0 Å². The van der Waals surface area contributed by atoms with Gasteiger partial charge in [0, 0.05) is 22.5 Å². The van der Waals surface area contributed by atoms with Gasteiger partial charge in [0.05, 0.1) is 4.90 Å². The zero-order chi connectivity index (χ0) is 16.2. The van der Waals surface area contributed by atoms with Gasteiger partial charge in [0.2, 0.25) is 0 Å². The molecule has 114 valence electrons. The van der Waals surface area contributed by atoms with Crippen molar-refractivity contribution in [3.05, 3.63) is 52.9 Å². The van der Waals surface area contributed by atoms with Gasteiger partial charge in [0.15, 0.2) is 5.78 Å². The highest BCUT2D eigenvalue weighted by Crippen LogP contribution is 2.31. The first kappa shape index (κ1) is 14.4. The van der Waals surface area contributed by atoms with Crippen LogP contribution in [0, 0.1) is 0 Å². The number of hydrogen-bond acceptors (Lipinski definition) is 3. The second kappa shape index (κ2) is 4.91. The fourth-order valence-corrected chi connectivity index (χ4v) is 4.21. The number of rotatable bonds is 1. The molecule has 0 heterocycles. The van der Waals surface area contributed by atoms with Crippen LogP contribution >= 0.6 is 10.7 Å². The molecule has 0 saturated carbocycles. The Labute approximate surface area is 136 Å². The van der Waals surface area contributed by atoms with E-state index in [4.69, 9.17) is 10.7 Å². The van der Waals surface area contributed by atoms with Crippen molar-refractivity contribution in [1.82, 2.24) is 0 Å². The SMILES string of the molecule is O=C1C=c2cc3ccc4cccc(S(=O)(=O)Cl)c4c3cc2=CC1. The molecule has 3 aromatic rings. The van der Waals surface area contributed by atoms with E-state index >= 15 is 0 Å². The van der Waals surface area contributed by atoms with Gasteiger partial charge in [-0.2, -0.15) is 0 Å². The van der Waals surface area contributed by atoms with Gasteiger partial charge in [-0.25, -0.2) is 8.42 Å². The molecule has 3 nitrogen and oxygen atoms in total. The Bertz CT molecular complexity index is 1220. The van der Waals surface area contributed by atoms with Gasteiger partial charge in [0.1, 0.15) is 0 Å². The van der Waals surface area contributed by atoms with Crippen LogP contribution in [0.2, 0.25) is 0 Å². The number of carbonyl (C=O) groups excluding carboxylic acids is 1. The first-order valence-electron chi connectivity index (χ1n) is 7.08. The summed E-state index contributed by atoms with van der Waals surface area (Å²) < 4.78 is 23.9. The number of fused-ring (bicyclic) bond motifs is 4. The quantitative estimate of drug-likeness (QED) is 0.504. The molecule has 23 heavy (non-hydrogen) atoms. The summed E-state index contributed by atoms with van der Waals surface area (Å²) in [7, 11) is 1.76. The van der Waals surface area contributed by atoms with Crippen molar-refractivity contribution in [3.63, 3.8) is 0 Å². The minimum atomic E-state index is -3.85. The first-order chi connectivity index (χ1) is 10.9. The predicted octanol–water partition coefficient (Wildman–Crippen LogP) is 2.45. The summed E-state index contributed by atoms with van der Waals surface area (Å²) in [6, 6.07) is 12.7. The molecule has 3 aromatic carbocycles. The molecule has 0 fully saturated rings. The standard InChI is InChI=1S/C18H11ClO3S/c19-23(21,22)17-3-1-2-11-4-5-13-8-14-9-15(20)7-6-12(14)10-16(13)18(11)17/h1-6,8-10H,7H2. The van der Waals surface area contributed by atoms with E-state index in [0.717, 1.165) is 26.6 Å². The zero-order valence-corrected chi connectivity index (χ0v) is 13.5. The lowest BCUT2D eigenvalue weighted by Gasteiger charge is -2.09. The molecule has 4 rings (SSSR count). The summed E-state index contributed by atoms with van der Waals surface area (Å²) >= 11 is 0. The maximum absolute atomic E-state index is 11.9. The highest BCUT2D eigenvalue weighted by molar-refractivity contribution is 8.14. The first-order valence-corrected chi connectivity index (χ1v) is 9.39. The molecular weight excluding hydrogens is 332 g/mol. The number of benzene rings is 3. The molecule has 0 bridgehead atoms. The Morgan fingerprint density at radius 3 is 2.52 bits per heavy atom. The highest BCUT2D eigenvalue weighted by Gasteiger charge is 2.16. The monoisotopic (exact) mass is 342 g/mol. The second-order valence-corrected chi connectivity index (χ2v) is 8.11. The summed E-state index contributed by atoms with van der Waals surface area (Å²) in [6.45, 7) is 0. The molecule has 0 spiro atoms. The third kappa shape index (κ3) is 2.35. The maximum Gasteiger partial charge on any atom is 0.261 e. The lowest BCUT2D eigenvalue weighted by atomic mass is 9.98. The molecule has 0 saturated heterocycles. The van der Waals surface area contributed by atoms with Crippen molar-refractivity contribution < 1.29 is 13.2 Å². The summed E-state index contributed by atoms with van der Waals surface area (Å²) in [4.78, 5) is 11.7. The van der Waals surface area contributed by atoms with E-state index in [1.165, 1.54) is 6.07 Å². The lowest BCUT2D eigenvalue weighted by Crippen LogP contribution is -2.28. The third-order valence-electron chi connectivity index (χ3n) is 4.13. The van der Waals surface area contributed by atoms with Crippen molar-refractivity contribution >= 4 is 59.2 Å². The lowest BCUT2D eigenvalue weighted by molar-refractivity contribution is -0.112. The van der Waals surface area contributed by atoms with Gasteiger partial charge in [-0.05, 0) is 50.9 Å². The van der Waals surface area contributed by atoms with Crippen LogP contribution in [0.15, 0.2) is 47.4 Å². The third-order valence-corrected chi connectivity index (χ3v) is 5.49. The Morgan fingerprint density at radius 2 is 1.74 bits per heavy atom. The van der Waals surface area contributed by atoms with E-state index in [1.54, 1.807) is 12.1 Å². The van der Waals surface area contributed by atoms with Crippen molar-refractivity contribution in [3.8, 4) is 0 Å². The van der Waals surface area contributed by atoms with E-state index in [0.29, 0.717) is 11.8 Å². The van der Waals surface area contributed by atoms with Crippen LogP contribution in [0.25, 0.3) is 33.7 Å². The average molecular weight is 343 g/mol. The number of hydrogen-bond donors (Lipinski definition) is 0. The van der Waals surface area contributed by atoms with Crippen molar-refractivity contribution in [2.75, 3.05) is 0 Å². The Morgan fingerprint density at radius 1 is 0.957 bits per heavy atom. The largest absolute Gasteiger partial charge is 0.294 e. The summed E-state index contributed by atoms with van der Waals surface area (Å²) in [5.41, 5.74) is 0. The van der Waals surface area contributed by atoms with E-state index in [9.17, 15) is 13.2 Å². The number of ketones is 1. The molecule has 0 aliphatic heterocycles. The molecule has 1 aliphatic rings. The average Bonchev–Trinajstić information content (AvgIpc) is 2.51. The van der Waals surface area contributed by atoms with Crippen LogP contribution in [0.3, 0.4) is 0 Å². The van der Waals surface area contributed by atoms with E-state index in [1.807, 2.05) is 36.4 Å². The minimum Gasteiger partial charge on any atom is -0.294 e. The van der Waals surface area contributed by atoms with Crippen molar-refractivity contribution in [1.29, 1.82) is 0 Å². The fourth-order valence-electron chi connectivity index (χ4n) is 3.11. The molecule has 0 N–H and O–H groups in total. The Kier molecular flexibility index (Phi) is 3.08. The molecule has 0 radical (unpaired) electrons. The minimum absolute atomic E-state index is 0.0710. The smallest absolute Gasteiger partial charge is 0.261 e. The van der Waals surface area contributed by atoms with Crippen LogP contribution < -0.4 is 10.4 Å². The van der Waals surface area contributed by atoms with Gasteiger partial charge < -0.3 is 0 Å². The molecule has 0 atom stereocenters. The maximum atomic E-state index is 11.9. The Hall–Kier alpha value is -2.17. The fraction of sp³-hybridized carbons (Fsp3) is 0.0556. The van der Waals surface area contributed by atoms with Crippen molar-refractivity contribution in [2.24, 2.45) is 0 Å². The summed E-state index contributed by atoms with van der Waals surface area (Å²) in [6.07, 6.45) is 3.86. The zero-order valence-electron chi connectivity index (χ0n) is 11.9. The van der Waals surface area contributed by atoms with Crippen LogP contribution in [-0.2, 0) is 13.8 Å². The van der Waals surface area contributed by atoms with Gasteiger partial charge in [-0.3, -0.25) is 4.79 Å². The molecule has 5 heteroatoms. The number of halogens is 1. The van der Waals surface area contributed by atoms with Gasteiger partial charge in [-0.1, -0.05) is 30.3 Å². The predicted molar refractivity (Wildman–Crippen MR) is 92.3 cm³/mol. The van der Waals surface area contributed by atoms with E-state index in [2.05, 4.69) is 0 Å². The van der Waals surface area contributed by atoms with Crippen LogP contribution in [-0.4, -0.2) is 14.2 Å².